The number of anilines is 1. The molecule has 0 bridgehead atoms. The van der Waals surface area contributed by atoms with Crippen molar-refractivity contribution in [1.29, 1.82) is 0 Å². The summed E-state index contributed by atoms with van der Waals surface area (Å²) in [5, 5.41) is 6.73. The van der Waals surface area contributed by atoms with E-state index in [1.807, 2.05) is 7.05 Å². The van der Waals surface area contributed by atoms with Gasteiger partial charge in [0, 0.05) is 25.3 Å². The van der Waals surface area contributed by atoms with Crippen LogP contribution in [0.5, 0.6) is 0 Å². The first-order valence-electron chi connectivity index (χ1n) is 6.88. The molecular formula is C15H25N3. The van der Waals surface area contributed by atoms with E-state index in [2.05, 4.69) is 53.9 Å². The minimum atomic E-state index is 0.459. The monoisotopic (exact) mass is 247 g/mol. The van der Waals surface area contributed by atoms with Gasteiger partial charge in [-0.2, -0.15) is 0 Å². The van der Waals surface area contributed by atoms with E-state index in [1.54, 1.807) is 0 Å². The van der Waals surface area contributed by atoms with Gasteiger partial charge in [0.25, 0.3) is 0 Å². The maximum atomic E-state index is 3.51. The second-order valence-corrected chi connectivity index (χ2v) is 5.31. The van der Waals surface area contributed by atoms with Gasteiger partial charge in [-0.1, -0.05) is 12.1 Å². The van der Waals surface area contributed by atoms with Crippen molar-refractivity contribution in [2.45, 2.75) is 18.9 Å². The maximum absolute atomic E-state index is 3.51. The van der Waals surface area contributed by atoms with Crippen molar-refractivity contribution in [2.75, 3.05) is 39.5 Å². The average molecular weight is 247 g/mol. The Bertz CT molecular complexity index is 378. The summed E-state index contributed by atoms with van der Waals surface area (Å²) in [7, 11) is 6.27. The molecule has 18 heavy (non-hydrogen) atoms. The van der Waals surface area contributed by atoms with E-state index in [4.69, 9.17) is 0 Å². The predicted octanol–water partition coefficient (Wildman–Crippen LogP) is 2.33. The first kappa shape index (κ1) is 13.4. The molecule has 0 radical (unpaired) electrons. The second-order valence-electron chi connectivity index (χ2n) is 5.31. The topological polar surface area (TPSA) is 27.3 Å². The van der Waals surface area contributed by atoms with E-state index >= 15 is 0 Å². The van der Waals surface area contributed by atoms with Crippen molar-refractivity contribution >= 4 is 5.69 Å². The Kier molecular flexibility index (Phi) is 4.61. The molecule has 1 aliphatic heterocycles. The van der Waals surface area contributed by atoms with E-state index < -0.39 is 0 Å². The van der Waals surface area contributed by atoms with Gasteiger partial charge in [-0.25, -0.2) is 0 Å². The highest BCUT2D eigenvalue weighted by Gasteiger charge is 2.25. The summed E-state index contributed by atoms with van der Waals surface area (Å²) in [5.74, 6) is 0.709. The molecule has 100 valence electrons. The number of nitrogens with zero attached hydrogens (tertiary/aromatic N) is 1. The lowest BCUT2D eigenvalue weighted by molar-refractivity contribution is 0.177. The van der Waals surface area contributed by atoms with E-state index in [0.717, 1.165) is 0 Å². The van der Waals surface area contributed by atoms with Gasteiger partial charge in [0.2, 0.25) is 0 Å². The minimum absolute atomic E-state index is 0.459. The molecule has 0 aliphatic carbocycles. The molecule has 2 N–H and O–H groups in total. The van der Waals surface area contributed by atoms with Crippen LogP contribution in [0.25, 0.3) is 0 Å². The quantitative estimate of drug-likeness (QED) is 0.855. The minimum Gasteiger partial charge on any atom is -0.388 e. The Morgan fingerprint density at radius 1 is 1.33 bits per heavy atom. The third kappa shape index (κ3) is 3.03. The molecule has 3 heteroatoms. The standard InChI is InChI=1S/C15H25N3/c1-16-14-8-4-6-12(10-14)15(17-2)13-7-5-9-18(3)11-13/h4,6,8,10,13,15-17H,5,7,9,11H2,1-3H3. The van der Waals surface area contributed by atoms with Crippen LogP contribution in [0.1, 0.15) is 24.4 Å². The fourth-order valence-corrected chi connectivity index (χ4v) is 3.04. The molecule has 2 rings (SSSR count). The molecule has 2 atom stereocenters. The number of nitrogens with one attached hydrogen (secondary N) is 2. The molecule has 1 aliphatic rings. The van der Waals surface area contributed by atoms with Gasteiger partial charge in [-0.3, -0.25) is 0 Å². The van der Waals surface area contributed by atoms with E-state index in [9.17, 15) is 0 Å². The van der Waals surface area contributed by atoms with Gasteiger partial charge in [-0.05, 0) is 57.1 Å². The van der Waals surface area contributed by atoms with Crippen LogP contribution in [0, 0.1) is 5.92 Å². The Morgan fingerprint density at radius 3 is 2.83 bits per heavy atom. The first-order valence-corrected chi connectivity index (χ1v) is 6.88. The molecule has 2 unspecified atom stereocenters. The zero-order valence-electron chi connectivity index (χ0n) is 11.7. The third-order valence-corrected chi connectivity index (χ3v) is 3.98. The number of piperidine rings is 1. The SMILES string of the molecule is CNc1cccc(C(NC)C2CCCN(C)C2)c1. The fourth-order valence-electron chi connectivity index (χ4n) is 3.04. The average Bonchev–Trinajstić information content (AvgIpc) is 2.40. The molecule has 0 spiro atoms. The molecule has 1 fully saturated rings. The Morgan fingerprint density at radius 2 is 2.17 bits per heavy atom. The van der Waals surface area contributed by atoms with Crippen molar-refractivity contribution in [1.82, 2.24) is 10.2 Å². The molecule has 1 aromatic rings. The number of rotatable bonds is 4. The van der Waals surface area contributed by atoms with Crippen molar-refractivity contribution in [2.24, 2.45) is 5.92 Å². The summed E-state index contributed by atoms with van der Waals surface area (Å²) in [6, 6.07) is 9.20. The Hall–Kier alpha value is -1.06. The zero-order valence-corrected chi connectivity index (χ0v) is 11.7. The normalized spacial score (nSPS) is 22.7. The Labute approximate surface area is 111 Å². The van der Waals surface area contributed by atoms with Crippen molar-refractivity contribution in [3.63, 3.8) is 0 Å². The lowest BCUT2D eigenvalue weighted by atomic mass is 9.86. The number of hydrogen-bond acceptors (Lipinski definition) is 3. The smallest absolute Gasteiger partial charge is 0.0359 e. The summed E-state index contributed by atoms with van der Waals surface area (Å²) in [6.45, 7) is 2.43. The number of benzene rings is 1. The number of likely N-dealkylation sites (tertiary alicyclic amines) is 1. The summed E-state index contributed by atoms with van der Waals surface area (Å²) in [6.07, 6.45) is 2.63. The fraction of sp³-hybridized carbons (Fsp3) is 0.600. The van der Waals surface area contributed by atoms with Crippen molar-refractivity contribution in [3.8, 4) is 0 Å². The van der Waals surface area contributed by atoms with Crippen LogP contribution < -0.4 is 10.6 Å². The zero-order chi connectivity index (χ0) is 13.0. The molecule has 1 aromatic carbocycles. The van der Waals surface area contributed by atoms with Gasteiger partial charge < -0.3 is 15.5 Å². The molecular weight excluding hydrogens is 222 g/mol. The highest BCUT2D eigenvalue weighted by atomic mass is 15.1. The lowest BCUT2D eigenvalue weighted by Gasteiger charge is -2.35. The van der Waals surface area contributed by atoms with E-state index in [0.29, 0.717) is 12.0 Å². The summed E-state index contributed by atoms with van der Waals surface area (Å²) >= 11 is 0. The van der Waals surface area contributed by atoms with Gasteiger partial charge in [-0.15, -0.1) is 0 Å². The lowest BCUT2D eigenvalue weighted by Crippen LogP contribution is -2.38. The van der Waals surface area contributed by atoms with Crippen LogP contribution in [-0.4, -0.2) is 39.1 Å². The van der Waals surface area contributed by atoms with E-state index in [-0.39, 0.29) is 0 Å². The highest BCUT2D eigenvalue weighted by Crippen LogP contribution is 2.30. The summed E-state index contributed by atoms with van der Waals surface area (Å²) in [4.78, 5) is 2.44. The molecule has 0 saturated carbocycles. The van der Waals surface area contributed by atoms with Crippen molar-refractivity contribution < 1.29 is 0 Å². The molecule has 1 heterocycles. The molecule has 3 nitrogen and oxygen atoms in total. The van der Waals surface area contributed by atoms with Crippen LogP contribution in [0.2, 0.25) is 0 Å². The van der Waals surface area contributed by atoms with Crippen LogP contribution in [0.3, 0.4) is 0 Å². The molecule has 1 saturated heterocycles. The van der Waals surface area contributed by atoms with Crippen LogP contribution in [0.4, 0.5) is 5.69 Å². The first-order chi connectivity index (χ1) is 8.74. The van der Waals surface area contributed by atoms with Crippen LogP contribution in [-0.2, 0) is 0 Å². The van der Waals surface area contributed by atoms with Crippen LogP contribution in [0.15, 0.2) is 24.3 Å². The van der Waals surface area contributed by atoms with Gasteiger partial charge in [0.15, 0.2) is 0 Å². The largest absolute Gasteiger partial charge is 0.388 e. The Balaban J connectivity index is 2.16. The molecule has 0 aromatic heterocycles. The molecule has 0 amide bonds. The predicted molar refractivity (Wildman–Crippen MR) is 78.0 cm³/mol. The summed E-state index contributed by atoms with van der Waals surface area (Å²) in [5.41, 5.74) is 2.58. The van der Waals surface area contributed by atoms with Crippen molar-refractivity contribution in [3.05, 3.63) is 29.8 Å². The second kappa shape index (κ2) is 6.21. The highest BCUT2D eigenvalue weighted by molar-refractivity contribution is 5.46. The van der Waals surface area contributed by atoms with E-state index in [1.165, 1.54) is 37.2 Å². The third-order valence-electron chi connectivity index (χ3n) is 3.98. The maximum Gasteiger partial charge on any atom is 0.0359 e. The van der Waals surface area contributed by atoms with Crippen LogP contribution >= 0.6 is 0 Å². The summed E-state index contributed by atoms with van der Waals surface area (Å²) < 4.78 is 0. The van der Waals surface area contributed by atoms with Gasteiger partial charge in [0.1, 0.15) is 0 Å². The number of hydrogen-bond donors (Lipinski definition) is 2. The van der Waals surface area contributed by atoms with Gasteiger partial charge in [0.05, 0.1) is 0 Å². The van der Waals surface area contributed by atoms with Gasteiger partial charge >= 0.3 is 0 Å².